The summed E-state index contributed by atoms with van der Waals surface area (Å²) >= 11 is 0. The molecule has 22 heavy (non-hydrogen) atoms. The van der Waals surface area contributed by atoms with Gasteiger partial charge in [0.05, 0.1) is 12.5 Å². The van der Waals surface area contributed by atoms with Gasteiger partial charge < -0.3 is 15.4 Å². The van der Waals surface area contributed by atoms with Gasteiger partial charge in [0.2, 0.25) is 5.91 Å². The summed E-state index contributed by atoms with van der Waals surface area (Å²) in [7, 11) is 0. The number of aryl methyl sites for hydroxylation is 2. The maximum atomic E-state index is 11.8. The number of carbonyl (C=O) groups is 3. The molecule has 0 aliphatic heterocycles. The second-order valence-electron chi connectivity index (χ2n) is 5.35. The first-order valence-corrected chi connectivity index (χ1v) is 7.10. The Hall–Kier alpha value is -2.37. The monoisotopic (exact) mass is 306 g/mol. The molecule has 0 fully saturated rings. The van der Waals surface area contributed by atoms with E-state index in [4.69, 9.17) is 4.74 Å². The van der Waals surface area contributed by atoms with Gasteiger partial charge in [0, 0.05) is 5.69 Å². The lowest BCUT2D eigenvalue weighted by molar-refractivity contribution is -0.151. The number of nitrogens with one attached hydrogen (secondary N) is 2. The van der Waals surface area contributed by atoms with E-state index < -0.39 is 11.9 Å². The number of ether oxygens (including phenoxy) is 1. The van der Waals surface area contributed by atoms with Gasteiger partial charge in [0.25, 0.3) is 5.91 Å². The minimum atomic E-state index is -0.509. The predicted molar refractivity (Wildman–Crippen MR) is 83.4 cm³/mol. The minimum Gasteiger partial charge on any atom is -0.455 e. The summed E-state index contributed by atoms with van der Waals surface area (Å²) in [6, 6.07) is 5.70. The third kappa shape index (κ3) is 5.55. The van der Waals surface area contributed by atoms with Crippen molar-refractivity contribution in [3.8, 4) is 0 Å². The molecular weight excluding hydrogens is 284 g/mol. The minimum absolute atomic E-state index is 0.175. The van der Waals surface area contributed by atoms with Crippen molar-refractivity contribution in [2.24, 2.45) is 5.92 Å². The van der Waals surface area contributed by atoms with Crippen LogP contribution in [0.2, 0.25) is 0 Å². The highest BCUT2D eigenvalue weighted by Gasteiger charge is 2.12. The third-order valence-electron chi connectivity index (χ3n) is 3.01. The molecule has 2 amide bonds. The molecular formula is C16H22N2O4. The molecule has 6 heteroatoms. The Kier molecular flexibility index (Phi) is 6.56. The van der Waals surface area contributed by atoms with Crippen LogP contribution in [0.15, 0.2) is 18.2 Å². The van der Waals surface area contributed by atoms with E-state index in [9.17, 15) is 14.4 Å². The Labute approximate surface area is 130 Å². The second-order valence-corrected chi connectivity index (χ2v) is 5.35. The second kappa shape index (κ2) is 8.17. The number of carbonyl (C=O) groups excluding carboxylic acids is 3. The fourth-order valence-electron chi connectivity index (χ4n) is 1.73. The molecule has 0 atom stereocenters. The van der Waals surface area contributed by atoms with Crippen molar-refractivity contribution in [3.63, 3.8) is 0 Å². The number of rotatable bonds is 6. The first-order valence-electron chi connectivity index (χ1n) is 7.10. The summed E-state index contributed by atoms with van der Waals surface area (Å²) in [6.07, 6.45) is 0. The molecule has 0 aliphatic carbocycles. The van der Waals surface area contributed by atoms with E-state index >= 15 is 0 Å². The Morgan fingerprint density at radius 3 is 2.23 bits per heavy atom. The van der Waals surface area contributed by atoms with Gasteiger partial charge in [0.1, 0.15) is 0 Å². The molecule has 2 N–H and O–H groups in total. The maximum absolute atomic E-state index is 11.8. The van der Waals surface area contributed by atoms with E-state index in [0.717, 1.165) is 16.8 Å². The van der Waals surface area contributed by atoms with Gasteiger partial charge in [0.15, 0.2) is 6.61 Å². The standard InChI is InChI=1S/C16H22N2O4/c1-10(2)16(21)22-9-14(20)17-8-13(19)18-15-11(3)6-5-7-12(15)4/h5-7,10H,8-9H2,1-4H3,(H,17,20)(H,18,19). The van der Waals surface area contributed by atoms with Gasteiger partial charge in [-0.3, -0.25) is 14.4 Å². The average molecular weight is 306 g/mol. The van der Waals surface area contributed by atoms with Crippen molar-refractivity contribution in [2.75, 3.05) is 18.5 Å². The van der Waals surface area contributed by atoms with Crippen LogP contribution in [-0.4, -0.2) is 30.9 Å². The quantitative estimate of drug-likeness (QED) is 0.781. The molecule has 0 saturated heterocycles. The van der Waals surface area contributed by atoms with Crippen LogP contribution < -0.4 is 10.6 Å². The summed E-state index contributed by atoms with van der Waals surface area (Å²) in [6.45, 7) is 6.59. The van der Waals surface area contributed by atoms with Crippen molar-refractivity contribution in [1.82, 2.24) is 5.32 Å². The largest absolute Gasteiger partial charge is 0.455 e. The molecule has 0 bridgehead atoms. The number of esters is 1. The predicted octanol–water partition coefficient (Wildman–Crippen LogP) is 1.56. The molecule has 0 spiro atoms. The molecule has 1 aromatic rings. The highest BCUT2D eigenvalue weighted by molar-refractivity contribution is 5.96. The number of hydrogen-bond donors (Lipinski definition) is 2. The molecule has 1 aromatic carbocycles. The summed E-state index contributed by atoms with van der Waals surface area (Å²) in [5, 5.41) is 5.16. The van der Waals surface area contributed by atoms with Crippen LogP contribution in [0.5, 0.6) is 0 Å². The molecule has 1 rings (SSSR count). The van der Waals surface area contributed by atoms with E-state index in [0.29, 0.717) is 0 Å². The highest BCUT2D eigenvalue weighted by atomic mass is 16.5. The molecule has 6 nitrogen and oxygen atoms in total. The summed E-state index contributed by atoms with van der Waals surface area (Å²) in [5.74, 6) is -1.58. The number of para-hydroxylation sites is 1. The van der Waals surface area contributed by atoms with E-state index in [1.807, 2.05) is 32.0 Å². The summed E-state index contributed by atoms with van der Waals surface area (Å²) < 4.78 is 4.77. The lowest BCUT2D eigenvalue weighted by Crippen LogP contribution is -2.36. The van der Waals surface area contributed by atoms with E-state index in [2.05, 4.69) is 10.6 Å². The van der Waals surface area contributed by atoms with Crippen molar-refractivity contribution in [1.29, 1.82) is 0 Å². The van der Waals surface area contributed by atoms with Crippen LogP contribution in [0.3, 0.4) is 0 Å². The maximum Gasteiger partial charge on any atom is 0.308 e. The molecule has 0 aliphatic rings. The van der Waals surface area contributed by atoms with Crippen molar-refractivity contribution in [3.05, 3.63) is 29.3 Å². The zero-order valence-electron chi connectivity index (χ0n) is 13.4. The van der Waals surface area contributed by atoms with Crippen LogP contribution in [-0.2, 0) is 19.1 Å². The molecule has 0 heterocycles. The van der Waals surface area contributed by atoms with Crippen LogP contribution in [0.4, 0.5) is 5.69 Å². The first-order chi connectivity index (χ1) is 10.3. The van der Waals surface area contributed by atoms with Gasteiger partial charge in [-0.15, -0.1) is 0 Å². The van der Waals surface area contributed by atoms with Crippen molar-refractivity contribution >= 4 is 23.5 Å². The van der Waals surface area contributed by atoms with E-state index in [-0.39, 0.29) is 25.0 Å². The zero-order valence-corrected chi connectivity index (χ0v) is 13.4. The van der Waals surface area contributed by atoms with Crippen molar-refractivity contribution in [2.45, 2.75) is 27.7 Å². The lowest BCUT2D eigenvalue weighted by Gasteiger charge is -2.12. The topological polar surface area (TPSA) is 84.5 Å². The van der Waals surface area contributed by atoms with E-state index in [1.54, 1.807) is 13.8 Å². The fraction of sp³-hybridized carbons (Fsp3) is 0.438. The fourth-order valence-corrected chi connectivity index (χ4v) is 1.73. The normalized spacial score (nSPS) is 10.2. The Balaban J connectivity index is 2.40. The highest BCUT2D eigenvalue weighted by Crippen LogP contribution is 2.18. The Morgan fingerprint density at radius 2 is 1.68 bits per heavy atom. The molecule has 0 radical (unpaired) electrons. The summed E-state index contributed by atoms with van der Waals surface area (Å²) in [5.41, 5.74) is 2.64. The number of amides is 2. The Bertz CT molecular complexity index is 547. The van der Waals surface area contributed by atoms with Gasteiger partial charge >= 0.3 is 5.97 Å². The SMILES string of the molecule is Cc1cccc(C)c1NC(=O)CNC(=O)COC(=O)C(C)C. The first kappa shape index (κ1) is 17.7. The number of benzene rings is 1. The van der Waals surface area contributed by atoms with Crippen LogP contribution in [0.25, 0.3) is 0 Å². The molecule has 0 unspecified atom stereocenters. The van der Waals surface area contributed by atoms with Gasteiger partial charge in [-0.05, 0) is 25.0 Å². The van der Waals surface area contributed by atoms with Crippen LogP contribution in [0, 0.1) is 19.8 Å². The van der Waals surface area contributed by atoms with E-state index in [1.165, 1.54) is 0 Å². The van der Waals surface area contributed by atoms with Gasteiger partial charge in [-0.2, -0.15) is 0 Å². The smallest absolute Gasteiger partial charge is 0.308 e. The van der Waals surface area contributed by atoms with Crippen LogP contribution >= 0.6 is 0 Å². The van der Waals surface area contributed by atoms with Gasteiger partial charge in [-0.1, -0.05) is 32.0 Å². The van der Waals surface area contributed by atoms with Gasteiger partial charge in [-0.25, -0.2) is 0 Å². The number of anilines is 1. The third-order valence-corrected chi connectivity index (χ3v) is 3.01. The Morgan fingerprint density at radius 1 is 1.09 bits per heavy atom. The molecule has 0 saturated carbocycles. The average Bonchev–Trinajstić information content (AvgIpc) is 2.46. The molecule has 120 valence electrons. The summed E-state index contributed by atoms with van der Waals surface area (Å²) in [4.78, 5) is 34.5. The van der Waals surface area contributed by atoms with Crippen LogP contribution in [0.1, 0.15) is 25.0 Å². The zero-order chi connectivity index (χ0) is 16.7. The molecule has 0 aromatic heterocycles. The lowest BCUT2D eigenvalue weighted by atomic mass is 10.1. The van der Waals surface area contributed by atoms with Crippen molar-refractivity contribution < 1.29 is 19.1 Å². The number of hydrogen-bond acceptors (Lipinski definition) is 4.